The number of aromatic nitrogens is 4. The van der Waals surface area contributed by atoms with Crippen LogP contribution in [0.15, 0.2) is 41.6 Å². The fraction of sp³-hybridized carbons (Fsp3) is 0.548. The summed E-state index contributed by atoms with van der Waals surface area (Å²) in [7, 11) is 0.0474. The number of carbonyl (C=O) groups excluding carboxylic acids is 2. The van der Waals surface area contributed by atoms with Gasteiger partial charge in [-0.3, -0.25) is 18.9 Å². The third-order valence-electron chi connectivity index (χ3n) is 11.0. The number of nitrogens with one attached hydrogen (secondary N) is 2. The summed E-state index contributed by atoms with van der Waals surface area (Å²) in [6.45, 7) is 17.2. The van der Waals surface area contributed by atoms with Crippen LogP contribution in [-0.4, -0.2) is 103 Å². The van der Waals surface area contributed by atoms with Gasteiger partial charge in [0.25, 0.3) is 5.91 Å². The molecule has 0 radical (unpaired) electrons. The van der Waals surface area contributed by atoms with Crippen molar-refractivity contribution in [1.29, 1.82) is 0 Å². The number of fused-ring (bicyclic) bond motifs is 2. The number of nitrogens with zero attached hydrogens (tertiary/aromatic N) is 5. The Hall–Kier alpha value is -4.40. The molecule has 1 fully saturated rings. The number of hydrogen-bond donors (Lipinski definition) is 2. The summed E-state index contributed by atoms with van der Waals surface area (Å²) in [5.74, 6) is 2.07. The van der Waals surface area contributed by atoms with E-state index in [1.807, 2.05) is 70.7 Å². The van der Waals surface area contributed by atoms with Gasteiger partial charge in [0.15, 0.2) is 5.82 Å². The van der Waals surface area contributed by atoms with Crippen LogP contribution in [0.25, 0.3) is 10.9 Å². The second kappa shape index (κ2) is 18.2. The molecule has 2 aliphatic heterocycles. The molecule has 0 saturated carbocycles. The number of aryl methyl sites for hydroxylation is 2. The van der Waals surface area contributed by atoms with Gasteiger partial charge >= 0.3 is 5.97 Å². The van der Waals surface area contributed by atoms with Gasteiger partial charge in [0.05, 0.1) is 41.5 Å². The SMILES string of the molecule is COC(=O)CCC(C)N1Cc2c(CCCOCCN3CCC(COc4cc5ncnc(Nc6n[nH]c(C)c6C)c5cc4S(=O)C(C)(C)C)CC3)cccc2C1=O. The molecular weight excluding hydrogens is 731 g/mol. The van der Waals surface area contributed by atoms with E-state index >= 15 is 0 Å². The van der Waals surface area contributed by atoms with Crippen molar-refractivity contribution < 1.29 is 28.0 Å². The second-order valence-electron chi connectivity index (χ2n) is 16.0. The standard InChI is InChI=1S/C42H57N7O6S/c1-27(13-14-38(50)53-7)49-24-34-31(10-8-12-32(34)41(49)51)11-9-20-54-21-19-48-17-15-30(16-18-48)25-55-36-23-35-33(22-37(36)56(52)42(4,5)6)40(44-26-43-35)45-39-28(2)29(3)46-47-39/h8,10,12,22-23,26-27,30H,9,11,13-21,24-25H2,1-7H3,(H2,43,44,45,46,47). The van der Waals surface area contributed by atoms with Crippen molar-refractivity contribution in [2.45, 2.75) is 102 Å². The van der Waals surface area contributed by atoms with E-state index in [0.717, 1.165) is 73.1 Å². The predicted molar refractivity (Wildman–Crippen MR) is 218 cm³/mol. The Morgan fingerprint density at radius 3 is 2.61 bits per heavy atom. The molecule has 2 aliphatic rings. The van der Waals surface area contributed by atoms with E-state index in [1.165, 1.54) is 19.0 Å². The summed E-state index contributed by atoms with van der Waals surface area (Å²) in [5, 5.41) is 11.5. The summed E-state index contributed by atoms with van der Waals surface area (Å²) in [4.78, 5) is 38.7. The first-order valence-electron chi connectivity index (χ1n) is 19.7. The molecule has 2 aromatic carbocycles. The number of esters is 1. The Bertz CT molecular complexity index is 2040. The second-order valence-corrected chi connectivity index (χ2v) is 18.2. The molecule has 1 saturated heterocycles. The summed E-state index contributed by atoms with van der Waals surface area (Å²) in [5.41, 5.74) is 5.75. The number of hydrogen-bond acceptors (Lipinski definition) is 11. The minimum atomic E-state index is -1.34. The fourth-order valence-corrected chi connectivity index (χ4v) is 8.49. The fourth-order valence-electron chi connectivity index (χ4n) is 7.31. The monoisotopic (exact) mass is 787 g/mol. The maximum Gasteiger partial charge on any atom is 0.305 e. The van der Waals surface area contributed by atoms with Gasteiger partial charge in [0.1, 0.15) is 17.9 Å². The molecule has 0 spiro atoms. The Balaban J connectivity index is 0.955. The summed E-state index contributed by atoms with van der Waals surface area (Å²) in [6, 6.07) is 9.74. The zero-order chi connectivity index (χ0) is 40.0. The molecule has 2 N–H and O–H groups in total. The summed E-state index contributed by atoms with van der Waals surface area (Å²) >= 11 is 0. The number of benzene rings is 2. The van der Waals surface area contributed by atoms with Crippen molar-refractivity contribution in [1.82, 2.24) is 30.0 Å². The highest BCUT2D eigenvalue weighted by atomic mass is 32.2. The lowest BCUT2D eigenvalue weighted by molar-refractivity contribution is -0.141. The van der Waals surface area contributed by atoms with Crippen LogP contribution < -0.4 is 10.1 Å². The molecule has 1 amide bonds. The van der Waals surface area contributed by atoms with Gasteiger partial charge in [0.2, 0.25) is 0 Å². The molecule has 2 aromatic heterocycles. The van der Waals surface area contributed by atoms with Crippen LogP contribution in [0.4, 0.5) is 11.6 Å². The van der Waals surface area contributed by atoms with Crippen molar-refractivity contribution in [2.24, 2.45) is 5.92 Å². The average molecular weight is 788 g/mol. The van der Waals surface area contributed by atoms with Crippen LogP contribution in [0.2, 0.25) is 0 Å². The normalized spacial score (nSPS) is 16.3. The highest BCUT2D eigenvalue weighted by molar-refractivity contribution is 7.86. The third kappa shape index (κ3) is 9.75. The van der Waals surface area contributed by atoms with Crippen molar-refractivity contribution in [3.8, 4) is 5.75 Å². The van der Waals surface area contributed by atoms with Gasteiger partial charge in [-0.15, -0.1) is 0 Å². The van der Waals surface area contributed by atoms with Gasteiger partial charge in [-0.05, 0) is 116 Å². The maximum absolute atomic E-state index is 13.8. The Labute approximate surface area is 332 Å². The molecule has 302 valence electrons. The van der Waals surface area contributed by atoms with Crippen LogP contribution >= 0.6 is 0 Å². The van der Waals surface area contributed by atoms with Crippen molar-refractivity contribution in [3.05, 3.63) is 64.6 Å². The van der Waals surface area contributed by atoms with Crippen LogP contribution in [0.5, 0.6) is 5.75 Å². The molecule has 2 atom stereocenters. The molecule has 56 heavy (non-hydrogen) atoms. The highest BCUT2D eigenvalue weighted by Gasteiger charge is 2.32. The number of piperidine rings is 1. The highest BCUT2D eigenvalue weighted by Crippen LogP contribution is 2.36. The van der Waals surface area contributed by atoms with Gasteiger partial charge in [-0.2, -0.15) is 5.10 Å². The zero-order valence-electron chi connectivity index (χ0n) is 33.9. The lowest BCUT2D eigenvalue weighted by Crippen LogP contribution is -2.37. The summed E-state index contributed by atoms with van der Waals surface area (Å²) < 4.78 is 30.7. The first-order chi connectivity index (χ1) is 26.8. The lowest BCUT2D eigenvalue weighted by atomic mass is 9.98. The number of anilines is 2. The van der Waals surface area contributed by atoms with Crippen molar-refractivity contribution in [3.63, 3.8) is 0 Å². The molecule has 2 unspecified atom stereocenters. The minimum Gasteiger partial charge on any atom is -0.492 e. The number of likely N-dealkylation sites (tertiary alicyclic amines) is 1. The number of rotatable bonds is 17. The number of aromatic amines is 1. The van der Waals surface area contributed by atoms with Gasteiger partial charge in [0, 0.05) is 65.2 Å². The maximum atomic E-state index is 13.8. The quantitative estimate of drug-likeness (QED) is 0.0874. The molecule has 14 heteroatoms. The molecule has 0 aliphatic carbocycles. The van der Waals surface area contributed by atoms with Crippen LogP contribution in [0, 0.1) is 19.8 Å². The smallest absolute Gasteiger partial charge is 0.305 e. The van der Waals surface area contributed by atoms with E-state index in [4.69, 9.17) is 14.2 Å². The summed E-state index contributed by atoms with van der Waals surface area (Å²) in [6.07, 6.45) is 6.16. The van der Waals surface area contributed by atoms with Gasteiger partial charge < -0.3 is 29.3 Å². The predicted octanol–water partition coefficient (Wildman–Crippen LogP) is 6.66. The molecule has 6 rings (SSSR count). The van der Waals surface area contributed by atoms with Crippen molar-refractivity contribution >= 4 is 45.2 Å². The lowest BCUT2D eigenvalue weighted by Gasteiger charge is -2.32. The molecule has 0 bridgehead atoms. The molecule has 4 aromatic rings. The Morgan fingerprint density at radius 2 is 1.89 bits per heavy atom. The van der Waals surface area contributed by atoms with E-state index < -0.39 is 15.5 Å². The number of carbonyl (C=O) groups is 2. The molecule has 4 heterocycles. The van der Waals surface area contributed by atoms with Crippen LogP contribution in [-0.2, 0) is 38.0 Å². The van der Waals surface area contributed by atoms with Crippen LogP contribution in [0.3, 0.4) is 0 Å². The van der Waals surface area contributed by atoms with Gasteiger partial charge in [-0.25, -0.2) is 9.97 Å². The number of H-pyrrole nitrogens is 1. The third-order valence-corrected chi connectivity index (χ3v) is 12.9. The van der Waals surface area contributed by atoms with Gasteiger partial charge in [-0.1, -0.05) is 12.1 Å². The topological polar surface area (TPSA) is 152 Å². The van der Waals surface area contributed by atoms with E-state index in [-0.39, 0.29) is 17.9 Å². The average Bonchev–Trinajstić information content (AvgIpc) is 3.70. The molecular formula is C42H57N7O6S. The Kier molecular flexibility index (Phi) is 13.4. The van der Waals surface area contributed by atoms with Crippen LogP contribution in [0.1, 0.15) is 92.5 Å². The molecule has 13 nitrogen and oxygen atoms in total. The number of amides is 1. The first kappa shape index (κ1) is 41.2. The largest absolute Gasteiger partial charge is 0.492 e. The van der Waals surface area contributed by atoms with E-state index in [1.54, 1.807) is 0 Å². The van der Waals surface area contributed by atoms with E-state index in [0.29, 0.717) is 72.9 Å². The van der Waals surface area contributed by atoms with E-state index in [2.05, 4.69) is 36.4 Å². The zero-order valence-corrected chi connectivity index (χ0v) is 34.7. The number of ether oxygens (including phenoxy) is 3. The number of methoxy groups -OCH3 is 1. The van der Waals surface area contributed by atoms with E-state index in [9.17, 15) is 13.8 Å². The minimum absolute atomic E-state index is 0.0372. The first-order valence-corrected chi connectivity index (χ1v) is 20.9. The Morgan fingerprint density at radius 1 is 1.11 bits per heavy atom. The van der Waals surface area contributed by atoms with Crippen molar-refractivity contribution in [2.75, 3.05) is 51.9 Å².